The zero-order valence-electron chi connectivity index (χ0n) is 26.3. The van der Waals surface area contributed by atoms with E-state index in [2.05, 4.69) is 80.6 Å². The van der Waals surface area contributed by atoms with Gasteiger partial charge >= 0.3 is 0 Å². The molecule has 41 heavy (non-hydrogen) atoms. The summed E-state index contributed by atoms with van der Waals surface area (Å²) < 4.78 is 0. The molecule has 7 heteroatoms. The summed E-state index contributed by atoms with van der Waals surface area (Å²) in [6.45, 7) is 14.7. The van der Waals surface area contributed by atoms with E-state index in [-0.39, 0.29) is 12.5 Å². The van der Waals surface area contributed by atoms with Crippen molar-refractivity contribution in [3.05, 3.63) is 78.1 Å². The van der Waals surface area contributed by atoms with Crippen LogP contribution in [0.25, 0.3) is 11.1 Å². The fraction of sp³-hybridized carbons (Fsp3) is 0.471. The van der Waals surface area contributed by atoms with Gasteiger partial charge in [-0.15, -0.1) is 6.58 Å². The lowest BCUT2D eigenvalue weighted by Crippen LogP contribution is -2.43. The van der Waals surface area contributed by atoms with Crippen LogP contribution in [0.2, 0.25) is 0 Å². The molecule has 0 bridgehead atoms. The van der Waals surface area contributed by atoms with E-state index in [0.29, 0.717) is 5.92 Å². The summed E-state index contributed by atoms with van der Waals surface area (Å²) in [4.78, 5) is 19.7. The first-order chi connectivity index (χ1) is 19.8. The second kappa shape index (κ2) is 22.1. The molecule has 1 amide bonds. The molecule has 1 unspecified atom stereocenters. The Morgan fingerprint density at radius 2 is 1.66 bits per heavy atom. The Bertz CT molecular complexity index is 1030. The largest absolute Gasteiger partial charge is 0.401 e. The molecule has 1 aliphatic heterocycles. The summed E-state index contributed by atoms with van der Waals surface area (Å²) in [5.74, 6) is 7.01. The highest BCUT2D eigenvalue weighted by Crippen LogP contribution is 2.41. The number of nitrogens with zero attached hydrogens (tertiary/aromatic N) is 2. The standard InChI is InChI=1S/C29H42N4.C2H4O.C2H6.CH3NO/c1-5-7-9-11-23-13-15-24(16-14-23)25-17-18-28-27(19-25)29(22(3)20-32(28)4)33(31)21-26(30)12-10-8-6-2;1-2-3;1-2;2-1-3/h5,13-19,21-22,29H,1,6-12,20,30-31H2,2-4H3;2H,1H3;1-2H3;1H,(H2,2,3)/b26-21-;;;/t22-,29?;;;/m1.../s1. The quantitative estimate of drug-likeness (QED) is 0.0898. The van der Waals surface area contributed by atoms with Gasteiger partial charge in [0, 0.05) is 36.7 Å². The number of hydrogen-bond acceptors (Lipinski definition) is 6. The number of nitrogens with two attached hydrogens (primary N) is 3. The topological polar surface area (TPSA) is 119 Å². The van der Waals surface area contributed by atoms with Crippen LogP contribution in [-0.2, 0) is 16.0 Å². The van der Waals surface area contributed by atoms with Crippen LogP contribution >= 0.6 is 0 Å². The third kappa shape index (κ3) is 13.1. The first-order valence-corrected chi connectivity index (χ1v) is 14.9. The Morgan fingerprint density at radius 1 is 1.07 bits per heavy atom. The van der Waals surface area contributed by atoms with Crippen LogP contribution < -0.4 is 22.2 Å². The van der Waals surface area contributed by atoms with E-state index in [4.69, 9.17) is 21.2 Å². The Morgan fingerprint density at radius 3 is 2.22 bits per heavy atom. The average Bonchev–Trinajstić information content (AvgIpc) is 2.95. The fourth-order valence-corrected chi connectivity index (χ4v) is 4.94. The van der Waals surface area contributed by atoms with Crippen LogP contribution in [0.15, 0.2) is 67.0 Å². The maximum absolute atomic E-state index is 8.81. The molecule has 228 valence electrons. The minimum atomic E-state index is 0.0963. The van der Waals surface area contributed by atoms with E-state index >= 15 is 0 Å². The number of fused-ring (bicyclic) bond motifs is 1. The van der Waals surface area contributed by atoms with Crippen LogP contribution in [0.3, 0.4) is 0 Å². The number of aryl methyl sites for hydroxylation is 1. The number of allylic oxidation sites excluding steroid dienone is 2. The molecular weight excluding hydrogens is 510 g/mol. The molecule has 0 saturated carbocycles. The minimum absolute atomic E-state index is 0.0963. The second-order valence-corrected chi connectivity index (χ2v) is 9.93. The van der Waals surface area contributed by atoms with Crippen molar-refractivity contribution < 1.29 is 9.59 Å². The van der Waals surface area contributed by atoms with E-state index in [9.17, 15) is 0 Å². The molecule has 2 aromatic rings. The fourth-order valence-electron chi connectivity index (χ4n) is 4.94. The maximum Gasteiger partial charge on any atom is 0.204 e. The minimum Gasteiger partial charge on any atom is -0.401 e. The first-order valence-electron chi connectivity index (χ1n) is 14.9. The number of benzene rings is 2. The lowest BCUT2D eigenvalue weighted by molar-refractivity contribution is -0.107. The number of rotatable bonds is 11. The van der Waals surface area contributed by atoms with Gasteiger partial charge in [-0.3, -0.25) is 4.79 Å². The van der Waals surface area contributed by atoms with Crippen molar-refractivity contribution in [1.82, 2.24) is 5.01 Å². The van der Waals surface area contributed by atoms with Crippen molar-refractivity contribution in [1.29, 1.82) is 0 Å². The van der Waals surface area contributed by atoms with Crippen molar-refractivity contribution in [2.24, 2.45) is 23.2 Å². The number of hydrogen-bond donors (Lipinski definition) is 3. The van der Waals surface area contributed by atoms with Crippen LogP contribution in [-0.4, -0.2) is 31.3 Å². The monoisotopic (exact) mass is 565 g/mol. The van der Waals surface area contributed by atoms with Gasteiger partial charge in [-0.25, -0.2) is 5.84 Å². The van der Waals surface area contributed by atoms with Gasteiger partial charge in [-0.2, -0.15) is 0 Å². The number of amides is 1. The van der Waals surface area contributed by atoms with Crippen molar-refractivity contribution in [3.63, 3.8) is 0 Å². The number of unbranched alkanes of at least 4 members (excludes halogenated alkanes) is 3. The molecule has 0 fully saturated rings. The van der Waals surface area contributed by atoms with Crippen LogP contribution in [0.5, 0.6) is 0 Å². The van der Waals surface area contributed by atoms with Gasteiger partial charge in [0.1, 0.15) is 6.29 Å². The molecule has 0 saturated heterocycles. The third-order valence-corrected chi connectivity index (χ3v) is 6.72. The van der Waals surface area contributed by atoms with E-state index < -0.39 is 0 Å². The normalized spacial score (nSPS) is 15.4. The molecule has 3 rings (SSSR count). The molecule has 0 spiro atoms. The summed E-state index contributed by atoms with van der Waals surface area (Å²) in [5.41, 5.74) is 17.7. The van der Waals surface area contributed by atoms with E-state index in [1.54, 1.807) is 0 Å². The molecule has 2 aromatic carbocycles. The highest BCUT2D eigenvalue weighted by atomic mass is 16.1. The smallest absolute Gasteiger partial charge is 0.204 e. The number of hydrazine groups is 1. The van der Waals surface area contributed by atoms with Crippen molar-refractivity contribution in [3.8, 4) is 11.1 Å². The van der Waals surface area contributed by atoms with Gasteiger partial charge in [-0.1, -0.05) is 76.9 Å². The SMILES string of the molecule is C=CCCCc1ccc(-c2ccc3c(c2)C(N(N)/C=C(\N)CCCCC)[C@H](C)CN3C)cc1.CC.CC=O.NC=O. The van der Waals surface area contributed by atoms with Gasteiger partial charge in [-0.05, 0) is 73.8 Å². The molecule has 7 nitrogen and oxygen atoms in total. The molecule has 0 aromatic heterocycles. The lowest BCUT2D eigenvalue weighted by atomic mass is 9.86. The zero-order valence-corrected chi connectivity index (χ0v) is 26.3. The summed E-state index contributed by atoms with van der Waals surface area (Å²) in [6, 6.07) is 15.9. The molecular formula is C34H55N5O2. The number of aldehydes is 1. The number of carbonyl (C=O) groups excluding carboxylic acids is 2. The molecule has 1 heterocycles. The first kappa shape index (κ1) is 37.4. The highest BCUT2D eigenvalue weighted by Gasteiger charge is 2.32. The van der Waals surface area contributed by atoms with Crippen LogP contribution in [0.4, 0.5) is 5.69 Å². The summed E-state index contributed by atoms with van der Waals surface area (Å²) >= 11 is 0. The summed E-state index contributed by atoms with van der Waals surface area (Å²) in [5, 5.41) is 1.85. The molecule has 0 aliphatic carbocycles. The number of carbonyl (C=O) groups is 2. The van der Waals surface area contributed by atoms with Gasteiger partial charge in [0.05, 0.1) is 6.04 Å². The van der Waals surface area contributed by atoms with Crippen molar-refractivity contribution in [2.45, 2.75) is 85.6 Å². The van der Waals surface area contributed by atoms with Gasteiger partial charge < -0.3 is 26.2 Å². The Kier molecular flexibility index (Phi) is 20.2. The molecule has 2 atom stereocenters. The predicted molar refractivity (Wildman–Crippen MR) is 176 cm³/mol. The Hall–Kier alpha value is -3.58. The van der Waals surface area contributed by atoms with Crippen LogP contribution in [0.1, 0.15) is 90.3 Å². The molecule has 1 aliphatic rings. The number of primary amides is 1. The van der Waals surface area contributed by atoms with Gasteiger partial charge in [0.15, 0.2) is 0 Å². The second-order valence-electron chi connectivity index (χ2n) is 9.93. The summed E-state index contributed by atoms with van der Waals surface area (Å²) in [7, 11) is 2.17. The highest BCUT2D eigenvalue weighted by molar-refractivity contribution is 5.70. The van der Waals surface area contributed by atoms with Crippen LogP contribution in [0, 0.1) is 5.92 Å². The van der Waals surface area contributed by atoms with Crippen molar-refractivity contribution in [2.75, 3.05) is 18.5 Å². The lowest BCUT2D eigenvalue weighted by Gasteiger charge is -2.41. The van der Waals surface area contributed by atoms with E-state index in [0.717, 1.165) is 50.6 Å². The average molecular weight is 566 g/mol. The Labute approximate surface area is 249 Å². The summed E-state index contributed by atoms with van der Waals surface area (Å²) in [6.07, 6.45) is 12.6. The molecule has 6 N–H and O–H groups in total. The zero-order chi connectivity index (χ0) is 31.2. The molecule has 0 radical (unpaired) electrons. The van der Waals surface area contributed by atoms with Gasteiger partial charge in [0.2, 0.25) is 6.41 Å². The van der Waals surface area contributed by atoms with Crippen molar-refractivity contribution >= 4 is 18.4 Å². The Balaban J connectivity index is 0.00000180. The van der Waals surface area contributed by atoms with E-state index in [1.165, 1.54) is 47.7 Å². The predicted octanol–water partition coefficient (Wildman–Crippen LogP) is 6.88. The van der Waals surface area contributed by atoms with E-state index in [1.807, 2.05) is 31.1 Å². The third-order valence-electron chi connectivity index (χ3n) is 6.72. The maximum atomic E-state index is 8.81. The van der Waals surface area contributed by atoms with Gasteiger partial charge in [0.25, 0.3) is 0 Å². The number of anilines is 1.